The molecule has 1 heterocycles. The zero-order chi connectivity index (χ0) is 13.8. The molecule has 19 heavy (non-hydrogen) atoms. The van der Waals surface area contributed by atoms with E-state index in [1.165, 1.54) is 22.9 Å². The number of hydrogen-bond donors (Lipinski definition) is 2. The molecular weight excluding hydrogens is 253 g/mol. The van der Waals surface area contributed by atoms with Gasteiger partial charge in [-0.05, 0) is 18.6 Å². The molecule has 0 unspecified atom stereocenters. The van der Waals surface area contributed by atoms with Crippen molar-refractivity contribution in [1.82, 2.24) is 15.0 Å². The molecule has 0 spiro atoms. The van der Waals surface area contributed by atoms with Crippen LogP contribution in [0.5, 0.6) is 0 Å². The van der Waals surface area contributed by atoms with Crippen molar-refractivity contribution in [1.29, 1.82) is 0 Å². The number of aliphatic hydroxyl groups is 1. The van der Waals surface area contributed by atoms with Crippen LogP contribution in [0.1, 0.15) is 16.9 Å². The highest BCUT2D eigenvalue weighted by Crippen LogP contribution is 2.23. The number of carboxylic acids is 1. The fourth-order valence-corrected chi connectivity index (χ4v) is 1.76. The molecule has 0 amide bonds. The van der Waals surface area contributed by atoms with Gasteiger partial charge in [-0.15, -0.1) is 5.10 Å². The van der Waals surface area contributed by atoms with E-state index in [2.05, 4.69) is 10.3 Å². The van der Waals surface area contributed by atoms with Crippen molar-refractivity contribution >= 4 is 5.97 Å². The van der Waals surface area contributed by atoms with Gasteiger partial charge >= 0.3 is 5.97 Å². The molecule has 6 nitrogen and oxygen atoms in total. The molecule has 1 aromatic heterocycles. The summed E-state index contributed by atoms with van der Waals surface area (Å²) in [5.41, 5.74) is 0.393. The molecule has 0 aliphatic rings. The van der Waals surface area contributed by atoms with Crippen LogP contribution in [0.2, 0.25) is 0 Å². The van der Waals surface area contributed by atoms with Crippen LogP contribution in [0.25, 0.3) is 11.3 Å². The molecule has 2 aromatic rings. The Labute approximate surface area is 108 Å². The number of rotatable bonds is 5. The lowest BCUT2D eigenvalue weighted by Crippen LogP contribution is -2.06. The quantitative estimate of drug-likeness (QED) is 0.847. The maximum atomic E-state index is 13.2. The van der Waals surface area contributed by atoms with Crippen LogP contribution >= 0.6 is 0 Å². The minimum Gasteiger partial charge on any atom is -0.476 e. The summed E-state index contributed by atoms with van der Waals surface area (Å²) in [6.45, 7) is 0.257. The van der Waals surface area contributed by atoms with Gasteiger partial charge in [0.25, 0.3) is 0 Å². The van der Waals surface area contributed by atoms with Gasteiger partial charge in [0.15, 0.2) is 5.69 Å². The van der Waals surface area contributed by atoms with Gasteiger partial charge in [-0.1, -0.05) is 17.3 Å². The third-order valence-electron chi connectivity index (χ3n) is 2.56. The first-order valence-corrected chi connectivity index (χ1v) is 5.67. The minimum atomic E-state index is -1.23. The average molecular weight is 265 g/mol. The normalized spacial score (nSPS) is 10.6. The molecule has 0 radical (unpaired) electrons. The fraction of sp³-hybridized carbons (Fsp3) is 0.250. The summed E-state index contributed by atoms with van der Waals surface area (Å²) in [5.74, 6) is -1.70. The lowest BCUT2D eigenvalue weighted by molar-refractivity contribution is 0.0691. The van der Waals surface area contributed by atoms with Crippen LogP contribution in [0.15, 0.2) is 24.3 Å². The molecule has 100 valence electrons. The number of hydrogen-bond acceptors (Lipinski definition) is 4. The van der Waals surface area contributed by atoms with Crippen molar-refractivity contribution in [3.05, 3.63) is 35.8 Å². The number of halogens is 1. The van der Waals surface area contributed by atoms with Crippen molar-refractivity contribution in [2.45, 2.75) is 13.0 Å². The zero-order valence-corrected chi connectivity index (χ0v) is 9.95. The Morgan fingerprint density at radius 1 is 1.42 bits per heavy atom. The lowest BCUT2D eigenvalue weighted by atomic mass is 10.1. The summed E-state index contributed by atoms with van der Waals surface area (Å²) in [5, 5.41) is 25.2. The van der Waals surface area contributed by atoms with Crippen LogP contribution in [-0.2, 0) is 6.54 Å². The second-order valence-corrected chi connectivity index (χ2v) is 3.90. The second-order valence-electron chi connectivity index (χ2n) is 3.90. The van der Waals surface area contributed by atoms with Crippen molar-refractivity contribution < 1.29 is 19.4 Å². The van der Waals surface area contributed by atoms with Crippen LogP contribution in [0.4, 0.5) is 4.39 Å². The Hall–Kier alpha value is -2.28. The third-order valence-corrected chi connectivity index (χ3v) is 2.56. The van der Waals surface area contributed by atoms with Gasteiger partial charge in [-0.2, -0.15) is 0 Å². The molecule has 0 atom stereocenters. The number of aryl methyl sites for hydroxylation is 1. The van der Waals surface area contributed by atoms with Crippen molar-refractivity contribution in [3.8, 4) is 11.3 Å². The predicted molar refractivity (Wildman–Crippen MR) is 64.1 cm³/mol. The molecule has 1 aromatic carbocycles. The maximum Gasteiger partial charge on any atom is 0.358 e. The summed E-state index contributed by atoms with van der Waals surface area (Å²) >= 11 is 0. The van der Waals surface area contributed by atoms with Gasteiger partial charge in [0.2, 0.25) is 0 Å². The van der Waals surface area contributed by atoms with E-state index < -0.39 is 11.8 Å². The summed E-state index contributed by atoms with van der Waals surface area (Å²) in [4.78, 5) is 11.1. The SMILES string of the molecule is O=C(O)c1nnn(CCCO)c1-c1cccc(F)c1. The van der Waals surface area contributed by atoms with E-state index in [9.17, 15) is 9.18 Å². The molecule has 0 fully saturated rings. The first kappa shape index (κ1) is 13.2. The van der Waals surface area contributed by atoms with E-state index in [-0.39, 0.29) is 18.0 Å². The van der Waals surface area contributed by atoms with E-state index in [0.29, 0.717) is 18.5 Å². The fourth-order valence-electron chi connectivity index (χ4n) is 1.76. The number of carbonyl (C=O) groups is 1. The standard InChI is InChI=1S/C12H12FN3O3/c13-9-4-1-3-8(7-9)11-10(12(18)19)14-15-16(11)5-2-6-17/h1,3-4,7,17H,2,5-6H2,(H,18,19). The molecule has 2 rings (SSSR count). The van der Waals surface area contributed by atoms with Crippen LogP contribution in [0.3, 0.4) is 0 Å². The van der Waals surface area contributed by atoms with Gasteiger partial charge in [0, 0.05) is 18.7 Å². The van der Waals surface area contributed by atoms with Crippen LogP contribution < -0.4 is 0 Å². The first-order chi connectivity index (χ1) is 9.13. The lowest BCUT2D eigenvalue weighted by Gasteiger charge is -2.06. The zero-order valence-electron chi connectivity index (χ0n) is 9.95. The molecule has 0 aliphatic heterocycles. The first-order valence-electron chi connectivity index (χ1n) is 5.67. The summed E-state index contributed by atoms with van der Waals surface area (Å²) in [7, 11) is 0. The molecule has 0 saturated heterocycles. The largest absolute Gasteiger partial charge is 0.476 e. The van der Waals surface area contributed by atoms with E-state index >= 15 is 0 Å². The molecule has 0 aliphatic carbocycles. The number of carboxylic acid groups (broad SMARTS) is 1. The minimum absolute atomic E-state index is 0.0507. The summed E-state index contributed by atoms with van der Waals surface area (Å²) in [6.07, 6.45) is 0.407. The van der Waals surface area contributed by atoms with Crippen molar-refractivity contribution in [2.24, 2.45) is 0 Å². The Balaban J connectivity index is 2.51. The Morgan fingerprint density at radius 2 is 2.21 bits per heavy atom. The smallest absolute Gasteiger partial charge is 0.358 e. The molecule has 7 heteroatoms. The van der Waals surface area contributed by atoms with E-state index in [1.807, 2.05) is 0 Å². The van der Waals surface area contributed by atoms with Gasteiger partial charge in [0.1, 0.15) is 11.5 Å². The third kappa shape index (κ3) is 2.76. The van der Waals surface area contributed by atoms with Crippen LogP contribution in [-0.4, -0.2) is 37.8 Å². The van der Waals surface area contributed by atoms with E-state index in [1.54, 1.807) is 6.07 Å². The van der Waals surface area contributed by atoms with E-state index in [4.69, 9.17) is 10.2 Å². The molecule has 0 saturated carbocycles. The van der Waals surface area contributed by atoms with Crippen LogP contribution in [0, 0.1) is 5.82 Å². The Kier molecular flexibility index (Phi) is 3.86. The number of benzene rings is 1. The topological polar surface area (TPSA) is 88.2 Å². The van der Waals surface area contributed by atoms with Gasteiger partial charge in [-0.25, -0.2) is 13.9 Å². The highest BCUT2D eigenvalue weighted by Gasteiger charge is 2.20. The predicted octanol–water partition coefficient (Wildman–Crippen LogP) is 1.16. The average Bonchev–Trinajstić information content (AvgIpc) is 2.80. The maximum absolute atomic E-state index is 13.2. The van der Waals surface area contributed by atoms with Gasteiger partial charge < -0.3 is 10.2 Å². The van der Waals surface area contributed by atoms with Gasteiger partial charge in [0.05, 0.1) is 0 Å². The number of aliphatic hydroxyl groups excluding tert-OH is 1. The van der Waals surface area contributed by atoms with Gasteiger partial charge in [-0.3, -0.25) is 0 Å². The monoisotopic (exact) mass is 265 g/mol. The molecule has 2 N–H and O–H groups in total. The Bertz CT molecular complexity index is 598. The van der Waals surface area contributed by atoms with Crippen molar-refractivity contribution in [2.75, 3.05) is 6.61 Å². The summed E-state index contributed by atoms with van der Waals surface area (Å²) < 4.78 is 14.6. The second kappa shape index (κ2) is 5.57. The summed E-state index contributed by atoms with van der Waals surface area (Å²) in [6, 6.07) is 5.57. The van der Waals surface area contributed by atoms with Crippen molar-refractivity contribution in [3.63, 3.8) is 0 Å². The number of nitrogens with zero attached hydrogens (tertiary/aromatic N) is 3. The highest BCUT2D eigenvalue weighted by atomic mass is 19.1. The number of aromatic carboxylic acids is 1. The molecule has 0 bridgehead atoms. The Morgan fingerprint density at radius 3 is 2.84 bits per heavy atom. The highest BCUT2D eigenvalue weighted by molar-refractivity contribution is 5.92. The molecular formula is C12H12FN3O3. The number of aromatic nitrogens is 3. The van der Waals surface area contributed by atoms with E-state index in [0.717, 1.165) is 0 Å².